The third-order valence-electron chi connectivity index (χ3n) is 19.2. The lowest BCUT2D eigenvalue weighted by atomic mass is 9.35. The Bertz CT molecular complexity index is 2920. The molecule has 66 heavy (non-hydrogen) atoms. The van der Waals surface area contributed by atoms with Gasteiger partial charge in [-0.2, -0.15) is 11.3 Å². The van der Waals surface area contributed by atoms with E-state index in [0.717, 1.165) is 0 Å². The molecule has 0 bridgehead atoms. The Morgan fingerprint density at radius 1 is 0.424 bits per heavy atom. The second kappa shape index (κ2) is 13.5. The Hall–Kier alpha value is -3.76. The first-order valence-corrected chi connectivity index (χ1v) is 26.7. The Balaban J connectivity index is 1.29. The van der Waals surface area contributed by atoms with E-state index in [1.165, 1.54) is 119 Å². The zero-order valence-electron chi connectivity index (χ0n) is 44.2. The minimum Gasteiger partial charge on any atom is -0.311 e. The van der Waals surface area contributed by atoms with E-state index in [1.807, 2.05) is 0 Å². The summed E-state index contributed by atoms with van der Waals surface area (Å²) in [6, 6.07) is 23.3. The van der Waals surface area contributed by atoms with Crippen molar-refractivity contribution in [3.8, 4) is 0 Å². The fraction of sp³-hybridized carbons (Fsp3) is 0.548. The van der Waals surface area contributed by atoms with Crippen LogP contribution >= 0.6 is 11.3 Å². The normalized spacial score (nSPS) is 23.4. The first-order valence-electron chi connectivity index (χ1n) is 25.9. The van der Waals surface area contributed by atoms with E-state index in [2.05, 4.69) is 200 Å². The Morgan fingerprint density at radius 3 is 1.50 bits per heavy atom. The number of benzene rings is 4. The van der Waals surface area contributed by atoms with Crippen molar-refractivity contribution in [1.29, 1.82) is 0 Å². The van der Waals surface area contributed by atoms with Gasteiger partial charge in [-0.15, -0.1) is 0 Å². The highest BCUT2D eigenvalue weighted by Gasteiger charge is 2.53. The molecule has 0 saturated heterocycles. The maximum atomic E-state index is 2.84. The summed E-state index contributed by atoms with van der Waals surface area (Å²) < 4.78 is 1.56. The highest BCUT2D eigenvalue weighted by Crippen LogP contribution is 2.59. The number of aryl methyl sites for hydroxylation is 1. The molecule has 2 nitrogen and oxygen atoms in total. The molecule has 6 aliphatic rings. The third-order valence-corrected chi connectivity index (χ3v) is 20.8. The molecule has 1 aromatic heterocycles. The Labute approximate surface area is 404 Å². The second-order valence-corrected chi connectivity index (χ2v) is 28.8. The lowest BCUT2D eigenvalue weighted by molar-refractivity contribution is 0.330. The average molecular weight is 895 g/mol. The zero-order valence-corrected chi connectivity index (χ0v) is 45.0. The number of nitrogens with zero attached hydrogens (tertiary/aromatic N) is 2. The molecule has 0 saturated carbocycles. The molecule has 0 amide bonds. The van der Waals surface area contributed by atoms with Gasteiger partial charge < -0.3 is 9.80 Å². The van der Waals surface area contributed by atoms with Crippen molar-refractivity contribution in [1.82, 2.24) is 0 Å². The highest BCUT2D eigenvalue weighted by atomic mass is 32.1. The molecule has 346 valence electrons. The summed E-state index contributed by atoms with van der Waals surface area (Å²) in [6.45, 7) is 45.2. The molecule has 0 spiro atoms. The van der Waals surface area contributed by atoms with Crippen molar-refractivity contribution in [3.05, 3.63) is 110 Å². The average Bonchev–Trinajstić information content (AvgIpc) is 3.65. The van der Waals surface area contributed by atoms with Gasteiger partial charge in [0.25, 0.3) is 6.71 Å². The van der Waals surface area contributed by atoms with Crippen molar-refractivity contribution >= 4 is 67.9 Å². The van der Waals surface area contributed by atoms with Crippen LogP contribution in [-0.4, -0.2) is 6.71 Å². The molecule has 11 rings (SSSR count). The maximum Gasteiger partial charge on any atom is 0.264 e. The molecule has 0 fully saturated rings. The van der Waals surface area contributed by atoms with Crippen LogP contribution in [0, 0.1) is 13.8 Å². The minimum atomic E-state index is 0.0375. The molecule has 0 radical (unpaired) electrons. The van der Waals surface area contributed by atoms with Gasteiger partial charge in [0.2, 0.25) is 0 Å². The van der Waals surface area contributed by atoms with E-state index < -0.39 is 0 Å². The van der Waals surface area contributed by atoms with Gasteiger partial charge in [0.15, 0.2) is 0 Å². The molecule has 4 heteroatoms. The van der Waals surface area contributed by atoms with Gasteiger partial charge in [0.05, 0.1) is 5.69 Å². The smallest absolute Gasteiger partial charge is 0.264 e. The quantitative estimate of drug-likeness (QED) is 0.160. The number of hydrogen-bond donors (Lipinski definition) is 0. The SMILES string of the molecule is Cc1cc2c3c(c1)N(c1ccc4c(c1C)C(C)(C)CCC4(C)C)c1c(sc4c1C(C)(C)CCC4(C)C)B3c1cc3c(cc1N2c1ccc2c(c1)C(C)(C)CCC2(C)C)C(C)(C)CCC3(C)C. The third kappa shape index (κ3) is 6.10. The van der Waals surface area contributed by atoms with Gasteiger partial charge in [-0.3, -0.25) is 0 Å². The number of fused-ring (bicyclic) bond motifs is 9. The van der Waals surface area contributed by atoms with E-state index in [1.54, 1.807) is 37.5 Å². The molecule has 4 aromatic carbocycles. The van der Waals surface area contributed by atoms with E-state index in [-0.39, 0.29) is 50.0 Å². The van der Waals surface area contributed by atoms with Crippen LogP contribution in [0.15, 0.2) is 54.6 Å². The predicted molar refractivity (Wildman–Crippen MR) is 289 cm³/mol. The fourth-order valence-electron chi connectivity index (χ4n) is 14.5. The van der Waals surface area contributed by atoms with Crippen LogP contribution in [0.2, 0.25) is 0 Å². The molecule has 4 aliphatic carbocycles. The lowest BCUT2D eigenvalue weighted by Crippen LogP contribution is -2.61. The first kappa shape index (κ1) is 44.7. The standard InChI is InChI=1S/C62H79BN2S/c1-36-31-47-51-48(32-36)65(45-22-21-40-49(37(45)2)60(13,14)28-27-56(40,5)6)52-50-53(62(17,18)30-29-61(50,15)16)66-54(52)63(51)44-34-42-43(59(11,12)26-25-58(42,9)10)35-46(44)64(47)38-19-20-39-41(33-38)57(7,8)24-23-55(39,3)4/h19-22,31-35H,23-30H2,1-18H3. The van der Waals surface area contributed by atoms with E-state index in [0.29, 0.717) is 0 Å². The van der Waals surface area contributed by atoms with Gasteiger partial charge in [-0.25, -0.2) is 0 Å². The van der Waals surface area contributed by atoms with Crippen LogP contribution in [0.4, 0.5) is 34.1 Å². The van der Waals surface area contributed by atoms with Gasteiger partial charge in [-0.05, 0) is 206 Å². The van der Waals surface area contributed by atoms with Gasteiger partial charge >= 0.3 is 0 Å². The minimum absolute atomic E-state index is 0.0375. The topological polar surface area (TPSA) is 6.48 Å². The molecular formula is C62H79BN2S. The molecule has 0 atom stereocenters. The predicted octanol–water partition coefficient (Wildman–Crippen LogP) is 15.8. The van der Waals surface area contributed by atoms with Crippen LogP contribution in [0.5, 0.6) is 0 Å². The summed E-state index contributed by atoms with van der Waals surface area (Å²) in [5.41, 5.74) is 25.7. The van der Waals surface area contributed by atoms with Crippen molar-refractivity contribution in [2.75, 3.05) is 9.80 Å². The molecule has 3 heterocycles. The fourth-order valence-corrected chi connectivity index (χ4v) is 16.2. The Morgan fingerprint density at radius 2 is 0.894 bits per heavy atom. The summed E-state index contributed by atoms with van der Waals surface area (Å²) in [5, 5.41) is 0. The van der Waals surface area contributed by atoms with Crippen molar-refractivity contribution in [2.45, 2.75) is 219 Å². The number of hydrogen-bond acceptors (Lipinski definition) is 3. The zero-order chi connectivity index (χ0) is 47.4. The van der Waals surface area contributed by atoms with Crippen LogP contribution in [0.3, 0.4) is 0 Å². The highest BCUT2D eigenvalue weighted by molar-refractivity contribution is 7.29. The van der Waals surface area contributed by atoms with Crippen LogP contribution in [0.25, 0.3) is 0 Å². The monoisotopic (exact) mass is 895 g/mol. The van der Waals surface area contributed by atoms with Crippen LogP contribution in [-0.2, 0) is 43.3 Å². The lowest BCUT2D eigenvalue weighted by Gasteiger charge is -2.49. The number of thiophene rings is 1. The summed E-state index contributed by atoms with van der Waals surface area (Å²) in [5.74, 6) is 0. The van der Waals surface area contributed by atoms with Crippen LogP contribution < -0.4 is 25.5 Å². The van der Waals surface area contributed by atoms with Gasteiger partial charge in [-0.1, -0.05) is 129 Å². The van der Waals surface area contributed by atoms with E-state index >= 15 is 0 Å². The maximum absolute atomic E-state index is 2.84. The summed E-state index contributed by atoms with van der Waals surface area (Å²) in [6.07, 6.45) is 9.65. The summed E-state index contributed by atoms with van der Waals surface area (Å²) in [4.78, 5) is 7.21. The van der Waals surface area contributed by atoms with Crippen LogP contribution in [0.1, 0.15) is 217 Å². The molecule has 0 N–H and O–H groups in total. The first-order chi connectivity index (χ1) is 30.5. The molecule has 0 unspecified atom stereocenters. The second-order valence-electron chi connectivity index (χ2n) is 27.7. The van der Waals surface area contributed by atoms with Gasteiger partial charge in [0, 0.05) is 38.1 Å². The van der Waals surface area contributed by atoms with E-state index in [9.17, 15) is 0 Å². The van der Waals surface area contributed by atoms with Gasteiger partial charge in [0.1, 0.15) is 0 Å². The van der Waals surface area contributed by atoms with E-state index in [4.69, 9.17) is 0 Å². The van der Waals surface area contributed by atoms with Crippen molar-refractivity contribution < 1.29 is 0 Å². The Kier molecular flexibility index (Phi) is 9.16. The summed E-state index contributed by atoms with van der Waals surface area (Å²) >= 11 is 2.18. The number of anilines is 6. The number of rotatable bonds is 2. The molecule has 5 aromatic rings. The van der Waals surface area contributed by atoms with Crippen molar-refractivity contribution in [3.63, 3.8) is 0 Å². The summed E-state index contributed by atoms with van der Waals surface area (Å²) in [7, 11) is 0. The van der Waals surface area contributed by atoms with Crippen molar-refractivity contribution in [2.24, 2.45) is 0 Å². The molecule has 2 aliphatic heterocycles. The molecular weight excluding hydrogens is 816 g/mol. The largest absolute Gasteiger partial charge is 0.311 e.